The minimum Gasteiger partial charge on any atom is -0.446 e. The molecule has 11 heavy (non-hydrogen) atoms. The number of ether oxygens (including phenoxy) is 1. The SMILES string of the molecule is C#CCNC(=O)OC1CCC1. The molecule has 0 atom stereocenters. The van der Waals surface area contributed by atoms with Gasteiger partial charge in [0.05, 0.1) is 6.54 Å². The van der Waals surface area contributed by atoms with Crippen LogP contribution in [0.3, 0.4) is 0 Å². The molecule has 1 aliphatic rings. The molecule has 3 nitrogen and oxygen atoms in total. The molecule has 0 aromatic carbocycles. The van der Waals surface area contributed by atoms with Gasteiger partial charge in [-0.05, 0) is 19.3 Å². The van der Waals surface area contributed by atoms with Crippen molar-refractivity contribution in [2.75, 3.05) is 6.54 Å². The van der Waals surface area contributed by atoms with Crippen LogP contribution in [-0.4, -0.2) is 18.7 Å². The van der Waals surface area contributed by atoms with Crippen molar-refractivity contribution in [1.82, 2.24) is 5.32 Å². The van der Waals surface area contributed by atoms with Crippen LogP contribution in [0.5, 0.6) is 0 Å². The van der Waals surface area contributed by atoms with E-state index in [0.29, 0.717) is 0 Å². The molecular weight excluding hydrogens is 142 g/mol. The van der Waals surface area contributed by atoms with Crippen LogP contribution in [0.4, 0.5) is 4.79 Å². The highest BCUT2D eigenvalue weighted by Gasteiger charge is 2.20. The van der Waals surface area contributed by atoms with E-state index in [1.165, 1.54) is 0 Å². The summed E-state index contributed by atoms with van der Waals surface area (Å²) in [5.41, 5.74) is 0. The molecule has 0 aromatic rings. The molecule has 1 amide bonds. The van der Waals surface area contributed by atoms with Gasteiger partial charge in [0.15, 0.2) is 0 Å². The average molecular weight is 153 g/mol. The predicted octanol–water partition coefficient (Wildman–Crippen LogP) is 0.898. The molecule has 0 radical (unpaired) electrons. The van der Waals surface area contributed by atoms with Crippen LogP contribution in [-0.2, 0) is 4.74 Å². The molecule has 60 valence electrons. The smallest absolute Gasteiger partial charge is 0.408 e. The molecule has 1 fully saturated rings. The third kappa shape index (κ3) is 2.50. The fourth-order valence-corrected chi connectivity index (χ4v) is 0.805. The lowest BCUT2D eigenvalue weighted by atomic mass is 9.96. The monoisotopic (exact) mass is 153 g/mol. The zero-order valence-corrected chi connectivity index (χ0v) is 6.30. The Balaban J connectivity index is 2.06. The average Bonchev–Trinajstić information content (AvgIpc) is 1.93. The van der Waals surface area contributed by atoms with E-state index < -0.39 is 6.09 Å². The van der Waals surface area contributed by atoms with E-state index in [9.17, 15) is 4.79 Å². The van der Waals surface area contributed by atoms with Crippen LogP contribution in [0.2, 0.25) is 0 Å². The summed E-state index contributed by atoms with van der Waals surface area (Å²) in [5, 5.41) is 2.43. The third-order valence-corrected chi connectivity index (χ3v) is 1.66. The molecular formula is C8H11NO2. The summed E-state index contributed by atoms with van der Waals surface area (Å²) >= 11 is 0. The summed E-state index contributed by atoms with van der Waals surface area (Å²) in [7, 11) is 0. The minimum atomic E-state index is -0.396. The zero-order valence-electron chi connectivity index (χ0n) is 6.30. The Morgan fingerprint density at radius 3 is 2.91 bits per heavy atom. The molecule has 0 heterocycles. The molecule has 1 aliphatic carbocycles. The molecule has 0 aliphatic heterocycles. The first-order chi connectivity index (χ1) is 5.33. The summed E-state index contributed by atoms with van der Waals surface area (Å²) in [5.74, 6) is 2.30. The van der Waals surface area contributed by atoms with E-state index in [2.05, 4.69) is 11.2 Å². The summed E-state index contributed by atoms with van der Waals surface area (Å²) in [6.07, 6.45) is 7.81. The maximum atomic E-state index is 10.8. The predicted molar refractivity (Wildman–Crippen MR) is 41.0 cm³/mol. The van der Waals surface area contributed by atoms with Gasteiger partial charge in [-0.3, -0.25) is 0 Å². The number of terminal acetylenes is 1. The Kier molecular flexibility index (Phi) is 2.79. The van der Waals surface area contributed by atoms with Gasteiger partial charge in [0.25, 0.3) is 0 Å². The first-order valence-electron chi connectivity index (χ1n) is 3.71. The first-order valence-corrected chi connectivity index (χ1v) is 3.71. The number of hydrogen-bond donors (Lipinski definition) is 1. The van der Waals surface area contributed by atoms with Gasteiger partial charge in [0, 0.05) is 0 Å². The molecule has 0 spiro atoms. The van der Waals surface area contributed by atoms with Crippen molar-refractivity contribution >= 4 is 6.09 Å². The molecule has 0 unspecified atom stereocenters. The van der Waals surface area contributed by atoms with E-state index in [4.69, 9.17) is 11.2 Å². The van der Waals surface area contributed by atoms with Crippen molar-refractivity contribution in [2.24, 2.45) is 0 Å². The lowest BCUT2D eigenvalue weighted by molar-refractivity contribution is 0.0532. The summed E-state index contributed by atoms with van der Waals surface area (Å²) < 4.78 is 4.94. The number of amides is 1. The fourth-order valence-electron chi connectivity index (χ4n) is 0.805. The fraction of sp³-hybridized carbons (Fsp3) is 0.625. The van der Waals surface area contributed by atoms with Crippen molar-refractivity contribution < 1.29 is 9.53 Å². The van der Waals surface area contributed by atoms with Crippen LogP contribution >= 0.6 is 0 Å². The number of carbonyl (C=O) groups excluding carboxylic acids is 1. The molecule has 0 saturated heterocycles. The standard InChI is InChI=1S/C8H11NO2/c1-2-6-9-8(10)11-7-4-3-5-7/h1,7H,3-6H2,(H,9,10). The normalized spacial score (nSPS) is 16.3. The Labute approximate surface area is 66.1 Å². The highest BCUT2D eigenvalue weighted by Crippen LogP contribution is 2.21. The summed E-state index contributed by atoms with van der Waals surface area (Å²) in [6.45, 7) is 0.242. The lowest BCUT2D eigenvalue weighted by Crippen LogP contribution is -2.32. The van der Waals surface area contributed by atoms with Gasteiger partial charge in [-0.25, -0.2) is 4.79 Å². The molecule has 0 bridgehead atoms. The van der Waals surface area contributed by atoms with Gasteiger partial charge in [-0.15, -0.1) is 6.42 Å². The van der Waals surface area contributed by atoms with Gasteiger partial charge in [-0.1, -0.05) is 5.92 Å². The Hall–Kier alpha value is -1.17. The Morgan fingerprint density at radius 2 is 2.45 bits per heavy atom. The van der Waals surface area contributed by atoms with E-state index >= 15 is 0 Å². The number of rotatable bonds is 2. The molecule has 0 aromatic heterocycles. The van der Waals surface area contributed by atoms with E-state index in [1.54, 1.807) is 0 Å². The second kappa shape index (κ2) is 3.87. The van der Waals surface area contributed by atoms with Gasteiger partial charge in [0.1, 0.15) is 6.10 Å². The van der Waals surface area contributed by atoms with Crippen LogP contribution in [0.15, 0.2) is 0 Å². The number of hydrogen-bond acceptors (Lipinski definition) is 2. The molecule has 1 N–H and O–H groups in total. The minimum absolute atomic E-state index is 0.132. The molecule has 1 rings (SSSR count). The second-order valence-electron chi connectivity index (χ2n) is 2.52. The van der Waals surface area contributed by atoms with Crippen molar-refractivity contribution in [3.05, 3.63) is 0 Å². The third-order valence-electron chi connectivity index (χ3n) is 1.66. The van der Waals surface area contributed by atoms with E-state index in [-0.39, 0.29) is 12.6 Å². The van der Waals surface area contributed by atoms with E-state index in [1.807, 2.05) is 0 Å². The Bertz CT molecular complexity index is 179. The quantitative estimate of drug-likeness (QED) is 0.598. The zero-order chi connectivity index (χ0) is 8.10. The topological polar surface area (TPSA) is 38.3 Å². The number of carbonyl (C=O) groups is 1. The van der Waals surface area contributed by atoms with Crippen LogP contribution in [0.25, 0.3) is 0 Å². The Morgan fingerprint density at radius 1 is 1.73 bits per heavy atom. The molecule has 1 saturated carbocycles. The van der Waals surface area contributed by atoms with Crippen molar-refractivity contribution in [1.29, 1.82) is 0 Å². The van der Waals surface area contributed by atoms with Crippen LogP contribution in [0, 0.1) is 12.3 Å². The van der Waals surface area contributed by atoms with Crippen LogP contribution in [0.1, 0.15) is 19.3 Å². The van der Waals surface area contributed by atoms with Crippen molar-refractivity contribution in [3.63, 3.8) is 0 Å². The highest BCUT2D eigenvalue weighted by molar-refractivity contribution is 5.67. The number of alkyl carbamates (subject to hydrolysis) is 1. The summed E-state index contributed by atoms with van der Waals surface area (Å²) in [6, 6.07) is 0. The number of nitrogens with one attached hydrogen (secondary N) is 1. The maximum Gasteiger partial charge on any atom is 0.408 e. The maximum absolute atomic E-state index is 10.8. The second-order valence-corrected chi connectivity index (χ2v) is 2.52. The van der Waals surface area contributed by atoms with Gasteiger partial charge in [0.2, 0.25) is 0 Å². The van der Waals surface area contributed by atoms with Crippen LogP contribution < -0.4 is 5.32 Å². The first kappa shape index (κ1) is 7.93. The summed E-state index contributed by atoms with van der Waals surface area (Å²) in [4.78, 5) is 10.8. The van der Waals surface area contributed by atoms with Gasteiger partial charge in [-0.2, -0.15) is 0 Å². The molecule has 3 heteroatoms. The highest BCUT2D eigenvalue weighted by atomic mass is 16.6. The lowest BCUT2D eigenvalue weighted by Gasteiger charge is -2.24. The van der Waals surface area contributed by atoms with Crippen molar-refractivity contribution in [3.8, 4) is 12.3 Å². The largest absolute Gasteiger partial charge is 0.446 e. The van der Waals surface area contributed by atoms with E-state index in [0.717, 1.165) is 19.3 Å². The van der Waals surface area contributed by atoms with Gasteiger partial charge < -0.3 is 10.1 Å². The van der Waals surface area contributed by atoms with Crippen molar-refractivity contribution in [2.45, 2.75) is 25.4 Å². The van der Waals surface area contributed by atoms with Gasteiger partial charge >= 0.3 is 6.09 Å².